The summed E-state index contributed by atoms with van der Waals surface area (Å²) in [5, 5.41) is 7.13. The van der Waals surface area contributed by atoms with Gasteiger partial charge < -0.3 is 15.4 Å². The number of para-hydroxylation sites is 1. The van der Waals surface area contributed by atoms with Gasteiger partial charge in [0.25, 0.3) is 0 Å². The molecular formula is C20H33IN4O. The molecule has 0 amide bonds. The Labute approximate surface area is 175 Å². The van der Waals surface area contributed by atoms with Gasteiger partial charge in [0.15, 0.2) is 5.96 Å². The number of aliphatic imine (C=N–C) groups is 1. The van der Waals surface area contributed by atoms with Crippen LogP contribution >= 0.6 is 24.0 Å². The van der Waals surface area contributed by atoms with Gasteiger partial charge >= 0.3 is 0 Å². The van der Waals surface area contributed by atoms with Crippen LogP contribution in [-0.2, 0) is 0 Å². The molecule has 0 radical (unpaired) electrons. The maximum Gasteiger partial charge on any atom is 0.191 e. The molecule has 5 nitrogen and oxygen atoms in total. The van der Waals surface area contributed by atoms with Crippen LogP contribution < -0.4 is 15.4 Å². The number of ether oxygens (including phenoxy) is 1. The van der Waals surface area contributed by atoms with Crippen molar-refractivity contribution in [1.29, 1.82) is 0 Å². The van der Waals surface area contributed by atoms with Gasteiger partial charge in [0.1, 0.15) is 5.75 Å². The molecule has 0 saturated carbocycles. The highest BCUT2D eigenvalue weighted by Gasteiger charge is 2.26. The van der Waals surface area contributed by atoms with E-state index in [0.29, 0.717) is 6.04 Å². The Morgan fingerprint density at radius 3 is 2.88 bits per heavy atom. The lowest BCUT2D eigenvalue weighted by Crippen LogP contribution is -2.46. The first-order valence-electron chi connectivity index (χ1n) is 9.60. The van der Waals surface area contributed by atoms with Gasteiger partial charge in [-0.25, -0.2) is 0 Å². The number of guanidine groups is 1. The van der Waals surface area contributed by atoms with Crippen molar-refractivity contribution in [2.45, 2.75) is 45.2 Å². The van der Waals surface area contributed by atoms with Crippen molar-refractivity contribution in [2.24, 2.45) is 10.9 Å². The van der Waals surface area contributed by atoms with E-state index in [1.807, 2.05) is 19.2 Å². The largest absolute Gasteiger partial charge is 0.493 e. The molecule has 0 bridgehead atoms. The minimum absolute atomic E-state index is 0. The van der Waals surface area contributed by atoms with E-state index in [-0.39, 0.29) is 30.0 Å². The van der Waals surface area contributed by atoms with Crippen molar-refractivity contribution in [2.75, 3.05) is 33.3 Å². The van der Waals surface area contributed by atoms with Gasteiger partial charge in [-0.3, -0.25) is 9.89 Å². The molecule has 0 aliphatic carbocycles. The summed E-state index contributed by atoms with van der Waals surface area (Å²) in [5.41, 5.74) is 1.22. The number of rotatable bonds is 5. The number of hydrogen-bond acceptors (Lipinski definition) is 3. The number of fused-ring (bicyclic) bond motifs is 1. The normalized spacial score (nSPS) is 23.2. The highest BCUT2D eigenvalue weighted by Crippen LogP contribution is 2.31. The standard InChI is InChI=1S/C20H32N4O.HI/c1-15(2)14-24-11-6-7-16(24)13-22-20(21-3)23-18-10-12-25-19-9-5-4-8-17(18)19;/h4-5,8-9,15-16,18H,6-7,10-14H2,1-3H3,(H2,21,22,23);1H/t16-,18?;/m1./s1. The van der Waals surface area contributed by atoms with E-state index in [9.17, 15) is 0 Å². The first-order valence-corrected chi connectivity index (χ1v) is 9.60. The third-order valence-electron chi connectivity index (χ3n) is 5.10. The van der Waals surface area contributed by atoms with E-state index < -0.39 is 0 Å². The fourth-order valence-corrected chi connectivity index (χ4v) is 3.90. The van der Waals surface area contributed by atoms with Crippen LogP contribution in [-0.4, -0.2) is 50.2 Å². The average Bonchev–Trinajstić information content (AvgIpc) is 3.05. The summed E-state index contributed by atoms with van der Waals surface area (Å²) in [6.07, 6.45) is 3.54. The number of likely N-dealkylation sites (tertiary alicyclic amines) is 1. The third kappa shape index (κ3) is 5.49. The lowest BCUT2D eigenvalue weighted by molar-refractivity contribution is 0.226. The van der Waals surface area contributed by atoms with Crippen molar-refractivity contribution < 1.29 is 4.74 Å². The molecule has 146 valence electrons. The fraction of sp³-hybridized carbons (Fsp3) is 0.650. The molecular weight excluding hydrogens is 439 g/mol. The number of benzene rings is 1. The second-order valence-electron chi connectivity index (χ2n) is 7.51. The van der Waals surface area contributed by atoms with E-state index in [1.165, 1.54) is 31.5 Å². The molecule has 2 heterocycles. The summed E-state index contributed by atoms with van der Waals surface area (Å²) in [7, 11) is 1.85. The minimum Gasteiger partial charge on any atom is -0.493 e. The monoisotopic (exact) mass is 472 g/mol. The van der Waals surface area contributed by atoms with Crippen molar-refractivity contribution in [3.63, 3.8) is 0 Å². The van der Waals surface area contributed by atoms with Crippen molar-refractivity contribution in [1.82, 2.24) is 15.5 Å². The van der Waals surface area contributed by atoms with Crippen LogP contribution in [0.4, 0.5) is 0 Å². The predicted molar refractivity (Wildman–Crippen MR) is 119 cm³/mol. The summed E-state index contributed by atoms with van der Waals surface area (Å²) < 4.78 is 5.75. The van der Waals surface area contributed by atoms with E-state index >= 15 is 0 Å². The van der Waals surface area contributed by atoms with E-state index in [0.717, 1.165) is 37.2 Å². The third-order valence-corrected chi connectivity index (χ3v) is 5.10. The molecule has 2 atom stereocenters. The van der Waals surface area contributed by atoms with E-state index in [1.54, 1.807) is 0 Å². The van der Waals surface area contributed by atoms with Crippen molar-refractivity contribution in [3.05, 3.63) is 29.8 Å². The fourth-order valence-electron chi connectivity index (χ4n) is 3.90. The summed E-state index contributed by atoms with van der Waals surface area (Å²) in [5.74, 6) is 2.59. The van der Waals surface area contributed by atoms with Gasteiger partial charge in [-0.1, -0.05) is 32.0 Å². The number of nitrogens with one attached hydrogen (secondary N) is 2. The summed E-state index contributed by atoms with van der Waals surface area (Å²) in [6.45, 7) is 8.71. The molecule has 1 aromatic rings. The number of halogens is 1. The molecule has 2 aliphatic heterocycles. The molecule has 3 rings (SSSR count). The summed E-state index contributed by atoms with van der Waals surface area (Å²) >= 11 is 0. The Kier molecular flexibility index (Phi) is 8.47. The first kappa shape index (κ1) is 21.3. The molecule has 6 heteroatoms. The zero-order valence-corrected chi connectivity index (χ0v) is 18.5. The highest BCUT2D eigenvalue weighted by atomic mass is 127. The maximum atomic E-state index is 5.75. The molecule has 2 aliphatic rings. The molecule has 1 unspecified atom stereocenters. The second-order valence-corrected chi connectivity index (χ2v) is 7.51. The van der Waals surface area contributed by atoms with Crippen LogP contribution in [0.3, 0.4) is 0 Å². The minimum atomic E-state index is 0. The van der Waals surface area contributed by atoms with Crippen molar-refractivity contribution in [3.8, 4) is 5.75 Å². The molecule has 26 heavy (non-hydrogen) atoms. The number of hydrogen-bond donors (Lipinski definition) is 2. The zero-order valence-electron chi connectivity index (χ0n) is 16.2. The lowest BCUT2D eigenvalue weighted by Gasteiger charge is -2.30. The molecule has 0 aromatic heterocycles. The van der Waals surface area contributed by atoms with Crippen LogP contribution in [0.25, 0.3) is 0 Å². The zero-order chi connectivity index (χ0) is 17.6. The van der Waals surface area contributed by atoms with Crippen LogP contribution in [0.15, 0.2) is 29.3 Å². The Morgan fingerprint density at radius 2 is 2.12 bits per heavy atom. The Balaban J connectivity index is 0.00000243. The van der Waals surface area contributed by atoms with Gasteiger partial charge in [-0.05, 0) is 31.4 Å². The van der Waals surface area contributed by atoms with E-state index in [2.05, 4.69) is 46.5 Å². The SMILES string of the molecule is CN=C(NC[C@H]1CCCN1CC(C)C)NC1CCOc2ccccc21.I. The van der Waals surface area contributed by atoms with Gasteiger partial charge in [-0.15, -0.1) is 24.0 Å². The van der Waals surface area contributed by atoms with Crippen LogP contribution in [0, 0.1) is 5.92 Å². The smallest absolute Gasteiger partial charge is 0.191 e. The maximum absolute atomic E-state index is 5.75. The van der Waals surface area contributed by atoms with Gasteiger partial charge in [0, 0.05) is 38.2 Å². The molecule has 2 N–H and O–H groups in total. The van der Waals surface area contributed by atoms with Gasteiger partial charge in [0.05, 0.1) is 12.6 Å². The Bertz CT molecular complexity index is 593. The molecule has 1 fully saturated rings. The first-order chi connectivity index (χ1) is 12.2. The average molecular weight is 472 g/mol. The lowest BCUT2D eigenvalue weighted by atomic mass is 10.0. The Morgan fingerprint density at radius 1 is 1.31 bits per heavy atom. The Hall–Kier alpha value is -1.02. The number of nitrogens with zero attached hydrogens (tertiary/aromatic N) is 2. The highest BCUT2D eigenvalue weighted by molar-refractivity contribution is 14.0. The molecule has 0 spiro atoms. The second kappa shape index (κ2) is 10.3. The van der Waals surface area contributed by atoms with Crippen LogP contribution in [0.1, 0.15) is 44.7 Å². The summed E-state index contributed by atoms with van der Waals surface area (Å²) in [4.78, 5) is 7.06. The van der Waals surface area contributed by atoms with Crippen LogP contribution in [0.5, 0.6) is 5.75 Å². The van der Waals surface area contributed by atoms with Gasteiger partial charge in [-0.2, -0.15) is 0 Å². The quantitative estimate of drug-likeness (QED) is 0.392. The molecule has 1 aromatic carbocycles. The predicted octanol–water partition coefficient (Wildman–Crippen LogP) is 3.41. The van der Waals surface area contributed by atoms with E-state index in [4.69, 9.17) is 4.74 Å². The van der Waals surface area contributed by atoms with Crippen molar-refractivity contribution >= 4 is 29.9 Å². The summed E-state index contributed by atoms with van der Waals surface area (Å²) in [6, 6.07) is 9.15. The van der Waals surface area contributed by atoms with Crippen LogP contribution in [0.2, 0.25) is 0 Å². The topological polar surface area (TPSA) is 48.9 Å². The van der Waals surface area contributed by atoms with Gasteiger partial charge in [0.2, 0.25) is 0 Å². The molecule has 1 saturated heterocycles.